The Balaban J connectivity index is 3.31. The summed E-state index contributed by atoms with van der Waals surface area (Å²) in [6.07, 6.45) is -2.16. The molecule has 0 fully saturated rings. The minimum absolute atomic E-state index is 0.0993. The third-order valence-electron chi connectivity index (χ3n) is 1.68. The second-order valence-corrected chi connectivity index (χ2v) is 2.55. The topological polar surface area (TPSA) is 82.9 Å². The van der Waals surface area contributed by atoms with Crippen molar-refractivity contribution >= 4 is 5.69 Å². The van der Waals surface area contributed by atoms with Crippen LogP contribution in [0.3, 0.4) is 0 Å². The van der Waals surface area contributed by atoms with Gasteiger partial charge in [0.15, 0.2) is 5.75 Å². The lowest BCUT2D eigenvalue weighted by Crippen LogP contribution is -2.03. The van der Waals surface area contributed by atoms with Crippen LogP contribution < -0.4 is 5.73 Å². The monoisotopic (exact) mass is 199 g/mol. The zero-order chi connectivity index (χ0) is 10.7. The number of rotatable bonds is 2. The van der Waals surface area contributed by atoms with Crippen molar-refractivity contribution in [1.82, 2.24) is 4.98 Å². The number of anilines is 1. The molecule has 0 unspecified atom stereocenters. The molecule has 1 aromatic rings. The molecule has 0 aliphatic heterocycles. The molecule has 1 aromatic heterocycles. The van der Waals surface area contributed by atoms with Gasteiger partial charge in [0.1, 0.15) is 0 Å². The highest BCUT2D eigenvalue weighted by Crippen LogP contribution is 2.33. The molecular weight excluding hydrogens is 192 g/mol. The normalized spacial score (nSPS) is 10.1. The number of aromatic nitrogens is 1. The number of pyridine rings is 1. The molecule has 3 N–H and O–H groups in total. The van der Waals surface area contributed by atoms with Gasteiger partial charge in [-0.2, -0.15) is 5.26 Å². The van der Waals surface area contributed by atoms with E-state index in [1.807, 2.05) is 0 Å². The third-order valence-corrected chi connectivity index (χ3v) is 1.68. The maximum absolute atomic E-state index is 12.5. The largest absolute Gasteiger partial charge is 0.504 e. The number of halogens is 2. The molecule has 0 amide bonds. The van der Waals surface area contributed by atoms with Crippen LogP contribution in [0.1, 0.15) is 17.7 Å². The van der Waals surface area contributed by atoms with Gasteiger partial charge < -0.3 is 10.8 Å². The van der Waals surface area contributed by atoms with Crippen molar-refractivity contribution < 1.29 is 13.9 Å². The highest BCUT2D eigenvalue weighted by molar-refractivity contribution is 5.59. The van der Waals surface area contributed by atoms with Crippen LogP contribution in [0.25, 0.3) is 0 Å². The Morgan fingerprint density at radius 2 is 2.29 bits per heavy atom. The van der Waals surface area contributed by atoms with Gasteiger partial charge in [0, 0.05) is 0 Å². The molecule has 0 bridgehead atoms. The molecule has 0 saturated carbocycles. The Hall–Kier alpha value is -1.90. The van der Waals surface area contributed by atoms with Gasteiger partial charge in [-0.05, 0) is 0 Å². The highest BCUT2D eigenvalue weighted by Gasteiger charge is 2.20. The van der Waals surface area contributed by atoms with Crippen LogP contribution in [0.2, 0.25) is 0 Å². The SMILES string of the molecule is N#CCc1ncc(O)c(N)c1C(F)F. The number of nitriles is 1. The summed E-state index contributed by atoms with van der Waals surface area (Å²) in [5.74, 6) is -0.498. The number of nitrogens with two attached hydrogens (primary N) is 1. The van der Waals surface area contributed by atoms with Gasteiger partial charge in [-0.3, -0.25) is 4.98 Å². The lowest BCUT2D eigenvalue weighted by molar-refractivity contribution is 0.150. The van der Waals surface area contributed by atoms with Crippen LogP contribution in [-0.2, 0) is 6.42 Å². The Kier molecular flexibility index (Phi) is 2.82. The Morgan fingerprint density at radius 1 is 1.64 bits per heavy atom. The smallest absolute Gasteiger partial charge is 0.267 e. The summed E-state index contributed by atoms with van der Waals surface area (Å²) >= 11 is 0. The predicted octanol–water partition coefficient (Wildman–Crippen LogP) is 1.37. The summed E-state index contributed by atoms with van der Waals surface area (Å²) in [5, 5.41) is 17.4. The van der Waals surface area contributed by atoms with E-state index in [0.717, 1.165) is 6.20 Å². The van der Waals surface area contributed by atoms with Gasteiger partial charge in [0.2, 0.25) is 0 Å². The number of aromatic hydroxyl groups is 1. The Bertz CT molecular complexity index is 387. The average Bonchev–Trinajstić information content (AvgIpc) is 2.11. The Labute approximate surface area is 78.6 Å². The van der Waals surface area contributed by atoms with Crippen molar-refractivity contribution in [3.8, 4) is 11.8 Å². The summed E-state index contributed by atoms with van der Waals surface area (Å²) in [6.45, 7) is 0. The lowest BCUT2D eigenvalue weighted by Gasteiger charge is -2.09. The number of alkyl halides is 2. The summed E-state index contributed by atoms with van der Waals surface area (Å²) in [4.78, 5) is 3.52. The first-order valence-corrected chi connectivity index (χ1v) is 3.69. The first-order valence-electron chi connectivity index (χ1n) is 3.69. The van der Waals surface area contributed by atoms with Gasteiger partial charge in [0.25, 0.3) is 6.43 Å². The lowest BCUT2D eigenvalue weighted by atomic mass is 10.1. The number of hydrogen-bond acceptors (Lipinski definition) is 4. The van der Waals surface area contributed by atoms with Crippen LogP contribution in [0.5, 0.6) is 5.75 Å². The second kappa shape index (κ2) is 3.87. The fraction of sp³-hybridized carbons (Fsp3) is 0.250. The van der Waals surface area contributed by atoms with E-state index in [4.69, 9.17) is 16.1 Å². The van der Waals surface area contributed by atoms with E-state index in [9.17, 15) is 8.78 Å². The van der Waals surface area contributed by atoms with Crippen LogP contribution in [0.15, 0.2) is 6.20 Å². The summed E-state index contributed by atoms with van der Waals surface area (Å²) in [6, 6.07) is 1.69. The average molecular weight is 199 g/mol. The molecule has 0 spiro atoms. The zero-order valence-electron chi connectivity index (χ0n) is 7.04. The molecule has 0 aliphatic carbocycles. The van der Waals surface area contributed by atoms with E-state index in [-0.39, 0.29) is 12.1 Å². The van der Waals surface area contributed by atoms with Crippen LogP contribution in [0.4, 0.5) is 14.5 Å². The number of hydrogen-bond donors (Lipinski definition) is 2. The van der Waals surface area contributed by atoms with Crippen LogP contribution in [-0.4, -0.2) is 10.1 Å². The third kappa shape index (κ3) is 1.71. The molecule has 6 heteroatoms. The number of nitrogen functional groups attached to an aromatic ring is 1. The maximum atomic E-state index is 12.5. The Morgan fingerprint density at radius 3 is 2.79 bits per heavy atom. The first-order chi connectivity index (χ1) is 6.57. The fourth-order valence-corrected chi connectivity index (χ4v) is 1.03. The van der Waals surface area contributed by atoms with E-state index in [0.29, 0.717) is 0 Å². The van der Waals surface area contributed by atoms with Gasteiger partial charge in [0.05, 0.1) is 35.6 Å². The van der Waals surface area contributed by atoms with Crippen molar-refractivity contribution in [2.75, 3.05) is 5.73 Å². The summed E-state index contributed by atoms with van der Waals surface area (Å²) in [5.41, 5.74) is 4.16. The van der Waals surface area contributed by atoms with E-state index in [2.05, 4.69) is 4.98 Å². The minimum Gasteiger partial charge on any atom is -0.504 e. The van der Waals surface area contributed by atoms with Gasteiger partial charge in [-0.1, -0.05) is 0 Å². The van der Waals surface area contributed by atoms with Gasteiger partial charge in [-0.25, -0.2) is 8.78 Å². The maximum Gasteiger partial charge on any atom is 0.267 e. The van der Waals surface area contributed by atoms with Crippen molar-refractivity contribution in [1.29, 1.82) is 5.26 Å². The van der Waals surface area contributed by atoms with E-state index in [1.54, 1.807) is 6.07 Å². The van der Waals surface area contributed by atoms with Crippen molar-refractivity contribution in [2.24, 2.45) is 0 Å². The summed E-state index contributed by atoms with van der Waals surface area (Å²) in [7, 11) is 0. The van der Waals surface area contributed by atoms with Crippen molar-refractivity contribution in [3.63, 3.8) is 0 Å². The first kappa shape index (κ1) is 10.2. The second-order valence-electron chi connectivity index (χ2n) is 2.55. The molecule has 0 atom stereocenters. The molecular formula is C8H7F2N3O. The van der Waals surface area contributed by atoms with Crippen molar-refractivity contribution in [3.05, 3.63) is 17.5 Å². The zero-order valence-corrected chi connectivity index (χ0v) is 7.04. The minimum atomic E-state index is -2.85. The quantitative estimate of drug-likeness (QED) is 0.753. The molecule has 0 aromatic carbocycles. The molecule has 0 aliphatic rings. The standard InChI is InChI=1S/C8H7F2N3O/c9-8(10)6-4(1-2-11)13-3-5(14)7(6)12/h3,8,14H,1H2,(H2,12,13). The predicted molar refractivity (Wildman–Crippen MR) is 44.6 cm³/mol. The van der Waals surface area contributed by atoms with Gasteiger partial charge >= 0.3 is 0 Å². The highest BCUT2D eigenvalue weighted by atomic mass is 19.3. The molecule has 14 heavy (non-hydrogen) atoms. The molecule has 0 saturated heterocycles. The fourth-order valence-electron chi connectivity index (χ4n) is 1.03. The molecule has 74 valence electrons. The van der Waals surface area contributed by atoms with E-state index < -0.39 is 23.4 Å². The molecule has 0 radical (unpaired) electrons. The summed E-state index contributed by atoms with van der Waals surface area (Å²) < 4.78 is 24.9. The number of nitrogens with zero attached hydrogens (tertiary/aromatic N) is 2. The van der Waals surface area contributed by atoms with E-state index >= 15 is 0 Å². The van der Waals surface area contributed by atoms with Crippen LogP contribution in [0, 0.1) is 11.3 Å². The molecule has 1 rings (SSSR count). The van der Waals surface area contributed by atoms with Crippen LogP contribution >= 0.6 is 0 Å². The van der Waals surface area contributed by atoms with E-state index in [1.165, 1.54) is 0 Å². The van der Waals surface area contributed by atoms with Crippen molar-refractivity contribution in [2.45, 2.75) is 12.8 Å². The molecule has 1 heterocycles. The van der Waals surface area contributed by atoms with Gasteiger partial charge in [-0.15, -0.1) is 0 Å². The molecule has 4 nitrogen and oxygen atoms in total.